The summed E-state index contributed by atoms with van der Waals surface area (Å²) in [5.41, 5.74) is 5.97. The average molecular weight is 440 g/mol. The summed E-state index contributed by atoms with van der Waals surface area (Å²) in [5, 5.41) is 25.1. The molecule has 0 saturated carbocycles. The summed E-state index contributed by atoms with van der Waals surface area (Å²) in [5.74, 6) is -5.21. The molecule has 8 N–H and O–H groups in total. The van der Waals surface area contributed by atoms with Crippen molar-refractivity contribution in [2.45, 2.75) is 57.8 Å². The van der Waals surface area contributed by atoms with Gasteiger partial charge in [0.25, 0.3) is 0 Å². The molecule has 0 fully saturated rings. The van der Waals surface area contributed by atoms with Gasteiger partial charge in [-0.05, 0) is 12.8 Å². The third-order valence-electron chi connectivity index (χ3n) is 4.33. The van der Waals surface area contributed by atoms with Crippen LogP contribution in [0.1, 0.15) is 32.9 Å². The molecule has 0 spiro atoms. The van der Waals surface area contributed by atoms with Crippen LogP contribution in [0, 0.1) is 5.92 Å². The Morgan fingerprint density at radius 1 is 1.03 bits per heavy atom. The fourth-order valence-corrected chi connectivity index (χ4v) is 2.56. The number of nitrogens with one attached hydrogen (secondary N) is 4. The number of carbonyl (C=O) groups excluding carboxylic acids is 3. The molecular formula is C18H28N6O7. The van der Waals surface area contributed by atoms with Gasteiger partial charge in [-0.1, -0.05) is 13.8 Å². The van der Waals surface area contributed by atoms with Crippen LogP contribution >= 0.6 is 0 Å². The van der Waals surface area contributed by atoms with Crippen molar-refractivity contribution < 1.29 is 34.2 Å². The Kier molecular flexibility index (Phi) is 9.60. The maximum atomic E-state index is 12.7. The van der Waals surface area contributed by atoms with Crippen LogP contribution < -0.4 is 21.7 Å². The van der Waals surface area contributed by atoms with Gasteiger partial charge in [0, 0.05) is 18.3 Å². The van der Waals surface area contributed by atoms with Crippen LogP contribution in [0.3, 0.4) is 0 Å². The number of nitrogens with zero attached hydrogens (tertiary/aromatic N) is 1. The zero-order valence-corrected chi connectivity index (χ0v) is 17.4. The highest BCUT2D eigenvalue weighted by atomic mass is 16.4. The third-order valence-corrected chi connectivity index (χ3v) is 4.33. The molecule has 0 radical (unpaired) electrons. The molecule has 4 unspecified atom stereocenters. The summed E-state index contributed by atoms with van der Waals surface area (Å²) in [4.78, 5) is 65.8. The molecule has 0 aliphatic carbocycles. The minimum Gasteiger partial charge on any atom is -0.481 e. The number of aromatic nitrogens is 2. The second kappa shape index (κ2) is 11.6. The maximum Gasteiger partial charge on any atom is 0.326 e. The van der Waals surface area contributed by atoms with E-state index in [0.717, 1.165) is 0 Å². The van der Waals surface area contributed by atoms with E-state index in [9.17, 15) is 29.1 Å². The molecule has 0 aliphatic heterocycles. The number of carboxylic acid groups (broad SMARTS) is 2. The third kappa shape index (κ3) is 8.42. The zero-order valence-electron chi connectivity index (χ0n) is 17.4. The molecule has 0 aromatic carbocycles. The molecule has 0 aliphatic rings. The molecule has 13 heteroatoms. The van der Waals surface area contributed by atoms with Crippen molar-refractivity contribution in [2.75, 3.05) is 0 Å². The fraction of sp³-hybridized carbons (Fsp3) is 0.556. The lowest BCUT2D eigenvalue weighted by Crippen LogP contribution is -2.57. The number of aromatic amines is 1. The van der Waals surface area contributed by atoms with E-state index in [1.807, 2.05) is 0 Å². The summed E-state index contributed by atoms with van der Waals surface area (Å²) in [7, 11) is 0. The molecule has 31 heavy (non-hydrogen) atoms. The number of hydrogen-bond acceptors (Lipinski definition) is 7. The molecule has 0 saturated heterocycles. The van der Waals surface area contributed by atoms with Gasteiger partial charge in [-0.2, -0.15) is 0 Å². The Balaban J connectivity index is 2.87. The van der Waals surface area contributed by atoms with Crippen molar-refractivity contribution in [3.63, 3.8) is 0 Å². The number of carbonyl (C=O) groups is 5. The minimum atomic E-state index is -1.35. The van der Waals surface area contributed by atoms with E-state index in [2.05, 4.69) is 25.9 Å². The molecular weight excluding hydrogens is 412 g/mol. The van der Waals surface area contributed by atoms with E-state index in [1.54, 1.807) is 13.8 Å². The van der Waals surface area contributed by atoms with Gasteiger partial charge >= 0.3 is 11.9 Å². The van der Waals surface area contributed by atoms with Gasteiger partial charge in [-0.3, -0.25) is 19.2 Å². The first-order valence-electron chi connectivity index (χ1n) is 9.50. The highest BCUT2D eigenvalue weighted by Gasteiger charge is 2.30. The van der Waals surface area contributed by atoms with Crippen LogP contribution in [0.5, 0.6) is 0 Å². The Bertz CT molecular complexity index is 795. The predicted molar refractivity (Wildman–Crippen MR) is 106 cm³/mol. The lowest BCUT2D eigenvalue weighted by molar-refractivity contribution is -0.143. The SMILES string of the molecule is CC(NC(=O)C(N)CC(=O)O)C(=O)NC(Cc1cnc[nH]1)C(=O)NC(C(=O)O)C(C)C. The summed E-state index contributed by atoms with van der Waals surface area (Å²) in [6, 6.07) is -4.82. The normalized spacial score (nSPS) is 14.7. The predicted octanol–water partition coefficient (Wildman–Crippen LogP) is -2.03. The van der Waals surface area contributed by atoms with E-state index in [1.165, 1.54) is 19.4 Å². The molecule has 1 aromatic heterocycles. The number of imidazole rings is 1. The van der Waals surface area contributed by atoms with Gasteiger partial charge in [0.15, 0.2) is 0 Å². The first-order valence-corrected chi connectivity index (χ1v) is 9.50. The van der Waals surface area contributed by atoms with Crippen LogP contribution in [0.15, 0.2) is 12.5 Å². The zero-order chi connectivity index (χ0) is 23.7. The molecule has 172 valence electrons. The van der Waals surface area contributed by atoms with Gasteiger partial charge in [-0.15, -0.1) is 0 Å². The Morgan fingerprint density at radius 3 is 2.16 bits per heavy atom. The van der Waals surface area contributed by atoms with E-state index in [0.29, 0.717) is 5.69 Å². The Morgan fingerprint density at radius 2 is 1.68 bits per heavy atom. The second-order valence-corrected chi connectivity index (χ2v) is 7.35. The van der Waals surface area contributed by atoms with E-state index >= 15 is 0 Å². The standard InChI is InChI=1S/C18H28N6O7/c1-8(2)14(18(30)31)24-17(29)12(4-10-6-20-7-21-10)23-15(27)9(3)22-16(28)11(19)5-13(25)26/h6-9,11-12,14H,4-5,19H2,1-3H3,(H,20,21)(H,22,28)(H,23,27)(H,24,29)(H,25,26)(H,30,31). The second-order valence-electron chi connectivity index (χ2n) is 7.35. The van der Waals surface area contributed by atoms with Crippen molar-refractivity contribution in [2.24, 2.45) is 11.7 Å². The molecule has 1 aromatic rings. The first-order chi connectivity index (χ1) is 14.4. The number of carboxylic acids is 2. The van der Waals surface area contributed by atoms with Crippen LogP contribution in [0.4, 0.5) is 0 Å². The van der Waals surface area contributed by atoms with Crippen molar-refractivity contribution in [1.29, 1.82) is 0 Å². The van der Waals surface area contributed by atoms with Crippen molar-refractivity contribution in [3.8, 4) is 0 Å². The number of nitrogens with two attached hydrogens (primary N) is 1. The topological polar surface area (TPSA) is 217 Å². The summed E-state index contributed by atoms with van der Waals surface area (Å²) in [6.07, 6.45) is 2.20. The quantitative estimate of drug-likeness (QED) is 0.190. The van der Waals surface area contributed by atoms with Gasteiger partial charge in [0.1, 0.15) is 18.1 Å². The molecule has 4 atom stereocenters. The Hall–Kier alpha value is -3.48. The lowest BCUT2D eigenvalue weighted by atomic mass is 10.0. The van der Waals surface area contributed by atoms with E-state index in [4.69, 9.17) is 10.8 Å². The van der Waals surface area contributed by atoms with Crippen LogP contribution in [-0.2, 0) is 30.4 Å². The highest BCUT2D eigenvalue weighted by molar-refractivity contribution is 5.94. The maximum absolute atomic E-state index is 12.7. The smallest absolute Gasteiger partial charge is 0.326 e. The number of aliphatic carboxylic acids is 2. The van der Waals surface area contributed by atoms with E-state index in [-0.39, 0.29) is 6.42 Å². The number of H-pyrrole nitrogens is 1. The van der Waals surface area contributed by atoms with Crippen molar-refractivity contribution in [3.05, 3.63) is 18.2 Å². The number of amides is 3. The van der Waals surface area contributed by atoms with Crippen LogP contribution in [0.2, 0.25) is 0 Å². The summed E-state index contributed by atoms with van der Waals surface area (Å²) < 4.78 is 0. The minimum absolute atomic E-state index is 0.0127. The number of hydrogen-bond donors (Lipinski definition) is 7. The van der Waals surface area contributed by atoms with E-state index < -0.39 is 66.2 Å². The fourth-order valence-electron chi connectivity index (χ4n) is 2.56. The largest absolute Gasteiger partial charge is 0.481 e. The average Bonchev–Trinajstić information content (AvgIpc) is 3.17. The summed E-state index contributed by atoms with van der Waals surface area (Å²) in [6.45, 7) is 4.58. The molecule has 1 heterocycles. The molecule has 1 rings (SSSR count). The first kappa shape index (κ1) is 25.6. The van der Waals surface area contributed by atoms with Gasteiger partial charge in [0.05, 0.1) is 18.8 Å². The lowest BCUT2D eigenvalue weighted by Gasteiger charge is -2.24. The van der Waals surface area contributed by atoms with Crippen LogP contribution in [-0.4, -0.2) is 74.0 Å². The van der Waals surface area contributed by atoms with Crippen molar-refractivity contribution >= 4 is 29.7 Å². The molecule has 0 bridgehead atoms. The molecule has 3 amide bonds. The van der Waals surface area contributed by atoms with Gasteiger partial charge < -0.3 is 36.9 Å². The molecule has 13 nitrogen and oxygen atoms in total. The number of rotatable bonds is 12. The van der Waals surface area contributed by atoms with Crippen molar-refractivity contribution in [1.82, 2.24) is 25.9 Å². The van der Waals surface area contributed by atoms with Gasteiger partial charge in [0.2, 0.25) is 17.7 Å². The van der Waals surface area contributed by atoms with Gasteiger partial charge in [-0.25, -0.2) is 9.78 Å². The highest BCUT2D eigenvalue weighted by Crippen LogP contribution is 2.05. The monoisotopic (exact) mass is 440 g/mol. The van der Waals surface area contributed by atoms with Crippen LogP contribution in [0.25, 0.3) is 0 Å². The Labute approximate surface area is 178 Å². The summed E-state index contributed by atoms with van der Waals surface area (Å²) >= 11 is 0.